The van der Waals surface area contributed by atoms with E-state index in [2.05, 4.69) is 34.1 Å². The molecule has 0 aromatic heterocycles. The van der Waals surface area contributed by atoms with E-state index in [0.717, 1.165) is 56.9 Å². The molecule has 3 saturated heterocycles. The molecule has 2 atom stereocenters. The predicted octanol–water partition coefficient (Wildman–Crippen LogP) is 4.41. The van der Waals surface area contributed by atoms with Gasteiger partial charge in [-0.1, -0.05) is 42.5 Å². The number of rotatable bonds is 5. The molecule has 3 aliphatic rings. The van der Waals surface area contributed by atoms with Crippen LogP contribution in [0.5, 0.6) is 5.75 Å². The number of piperidine rings is 1. The van der Waals surface area contributed by atoms with Crippen LogP contribution in [0.3, 0.4) is 0 Å². The molecule has 200 valence electrons. The number of hydrogen-bond donors (Lipinski definition) is 0. The average Bonchev–Trinajstić information content (AvgIpc) is 3.54. The Balaban J connectivity index is 0.00000320. The molecule has 3 heterocycles. The van der Waals surface area contributed by atoms with Crippen molar-refractivity contribution in [3.8, 4) is 5.75 Å². The fraction of sp³-hybridized carbons (Fsp3) is 0.517. The average molecular weight is 528 g/mol. The van der Waals surface area contributed by atoms with E-state index in [9.17, 15) is 9.59 Å². The summed E-state index contributed by atoms with van der Waals surface area (Å²) in [4.78, 5) is 32.3. The van der Waals surface area contributed by atoms with Gasteiger partial charge in [0.25, 0.3) is 0 Å². The molecule has 0 saturated carbocycles. The molecule has 3 fully saturated rings. The standard InChI is InChI=1S/C29H37N3O4.ClH/c1-35-24-10-8-22(9-11-24)18-30-15-12-29(21-30)13-16-31(17-14-29)27(33)26-20-32(28(34)36-2)19-25(26)23-6-4-3-5-7-23;/h3-11,25-26H,12-21H2,1-2H3;1H/t25-,26-;/m1./s1. The molecule has 2 aromatic carbocycles. The van der Waals surface area contributed by atoms with Gasteiger partial charge in [0, 0.05) is 45.2 Å². The third kappa shape index (κ3) is 5.88. The Morgan fingerprint density at radius 3 is 2.22 bits per heavy atom. The van der Waals surface area contributed by atoms with E-state index < -0.39 is 0 Å². The number of halogens is 1. The second-order valence-electron chi connectivity index (χ2n) is 10.6. The zero-order valence-corrected chi connectivity index (χ0v) is 22.6. The van der Waals surface area contributed by atoms with Crippen LogP contribution >= 0.6 is 12.4 Å². The summed E-state index contributed by atoms with van der Waals surface area (Å²) in [5.74, 6) is 0.842. The molecule has 0 unspecified atom stereocenters. The highest BCUT2D eigenvalue weighted by molar-refractivity contribution is 5.85. The number of ether oxygens (including phenoxy) is 2. The van der Waals surface area contributed by atoms with Crippen LogP contribution < -0.4 is 4.74 Å². The molecule has 8 heteroatoms. The van der Waals surface area contributed by atoms with Gasteiger partial charge in [-0.3, -0.25) is 9.69 Å². The normalized spacial score (nSPS) is 23.1. The molecule has 0 aliphatic carbocycles. The van der Waals surface area contributed by atoms with Crippen molar-refractivity contribution in [1.82, 2.24) is 14.7 Å². The van der Waals surface area contributed by atoms with Crippen LogP contribution in [0.25, 0.3) is 0 Å². The van der Waals surface area contributed by atoms with Gasteiger partial charge in [-0.05, 0) is 54.5 Å². The van der Waals surface area contributed by atoms with Gasteiger partial charge in [0.2, 0.25) is 5.91 Å². The zero-order valence-electron chi connectivity index (χ0n) is 21.8. The van der Waals surface area contributed by atoms with Crippen molar-refractivity contribution in [3.63, 3.8) is 0 Å². The first-order valence-electron chi connectivity index (χ1n) is 13.0. The van der Waals surface area contributed by atoms with Gasteiger partial charge in [-0.25, -0.2) is 4.79 Å². The lowest BCUT2D eigenvalue weighted by Gasteiger charge is -2.40. The largest absolute Gasteiger partial charge is 0.497 e. The molecule has 1 spiro atoms. The smallest absolute Gasteiger partial charge is 0.409 e. The van der Waals surface area contributed by atoms with E-state index in [0.29, 0.717) is 18.5 Å². The SMILES string of the molecule is COC(=O)N1C[C@H](c2ccccc2)[C@H](C(=O)N2CCC3(CCN(Cc4ccc(OC)cc4)C3)CC2)C1.Cl. The Kier molecular flexibility index (Phi) is 8.65. The number of carbonyl (C=O) groups is 2. The van der Waals surface area contributed by atoms with E-state index in [1.807, 2.05) is 30.3 Å². The topological polar surface area (TPSA) is 62.3 Å². The first-order chi connectivity index (χ1) is 17.5. The summed E-state index contributed by atoms with van der Waals surface area (Å²) in [6.07, 6.45) is 2.92. The predicted molar refractivity (Wildman–Crippen MR) is 145 cm³/mol. The molecule has 2 amide bonds. The summed E-state index contributed by atoms with van der Waals surface area (Å²) in [6.45, 7) is 5.68. The number of amides is 2. The molecule has 0 bridgehead atoms. The van der Waals surface area contributed by atoms with Gasteiger partial charge in [0.1, 0.15) is 5.75 Å². The number of benzene rings is 2. The lowest BCUT2D eigenvalue weighted by Crippen LogP contribution is -2.47. The fourth-order valence-corrected chi connectivity index (χ4v) is 6.37. The summed E-state index contributed by atoms with van der Waals surface area (Å²) in [5.41, 5.74) is 2.72. The Bertz CT molecular complexity index is 1060. The van der Waals surface area contributed by atoms with Crippen LogP contribution in [0.2, 0.25) is 0 Å². The van der Waals surface area contributed by atoms with E-state index in [1.165, 1.54) is 19.1 Å². The van der Waals surface area contributed by atoms with E-state index in [1.54, 1.807) is 12.0 Å². The summed E-state index contributed by atoms with van der Waals surface area (Å²) in [6, 6.07) is 18.5. The molecule has 2 aromatic rings. The van der Waals surface area contributed by atoms with Gasteiger partial charge in [-0.2, -0.15) is 0 Å². The van der Waals surface area contributed by atoms with Gasteiger partial charge in [-0.15, -0.1) is 12.4 Å². The van der Waals surface area contributed by atoms with Crippen LogP contribution in [0.15, 0.2) is 54.6 Å². The zero-order chi connectivity index (χ0) is 25.1. The number of nitrogens with zero attached hydrogens (tertiary/aromatic N) is 3. The summed E-state index contributed by atoms with van der Waals surface area (Å²) >= 11 is 0. The van der Waals surface area contributed by atoms with Crippen molar-refractivity contribution in [2.75, 3.05) is 53.5 Å². The summed E-state index contributed by atoms with van der Waals surface area (Å²) < 4.78 is 10.2. The third-order valence-corrected chi connectivity index (χ3v) is 8.52. The Hall–Kier alpha value is -2.77. The first kappa shape index (κ1) is 27.3. The minimum Gasteiger partial charge on any atom is -0.497 e. The van der Waals surface area contributed by atoms with E-state index >= 15 is 0 Å². The van der Waals surface area contributed by atoms with Gasteiger partial charge in [0.05, 0.1) is 20.1 Å². The van der Waals surface area contributed by atoms with Gasteiger partial charge >= 0.3 is 6.09 Å². The number of methoxy groups -OCH3 is 2. The van der Waals surface area contributed by atoms with E-state index in [-0.39, 0.29) is 36.2 Å². The lowest BCUT2D eigenvalue weighted by atomic mass is 9.77. The molecule has 0 radical (unpaired) electrons. The third-order valence-electron chi connectivity index (χ3n) is 8.52. The quantitative estimate of drug-likeness (QED) is 0.576. The highest BCUT2D eigenvalue weighted by Crippen LogP contribution is 2.42. The van der Waals surface area contributed by atoms with Crippen molar-refractivity contribution >= 4 is 24.4 Å². The first-order valence-corrected chi connectivity index (χ1v) is 13.0. The van der Waals surface area contributed by atoms with Crippen LogP contribution in [-0.2, 0) is 16.1 Å². The Morgan fingerprint density at radius 1 is 0.892 bits per heavy atom. The maximum atomic E-state index is 13.7. The highest BCUT2D eigenvalue weighted by Gasteiger charge is 2.46. The minimum atomic E-state index is -0.355. The van der Waals surface area contributed by atoms with Crippen LogP contribution in [0.4, 0.5) is 4.79 Å². The second kappa shape index (κ2) is 11.7. The van der Waals surface area contributed by atoms with Crippen LogP contribution in [-0.4, -0.2) is 80.2 Å². The molecular weight excluding hydrogens is 490 g/mol. The van der Waals surface area contributed by atoms with Crippen molar-refractivity contribution < 1.29 is 19.1 Å². The molecule has 37 heavy (non-hydrogen) atoms. The number of carbonyl (C=O) groups excluding carboxylic acids is 2. The molecule has 0 N–H and O–H groups in total. The van der Waals surface area contributed by atoms with Crippen molar-refractivity contribution in [2.45, 2.75) is 31.7 Å². The minimum absolute atomic E-state index is 0. The van der Waals surface area contributed by atoms with Crippen molar-refractivity contribution in [2.24, 2.45) is 11.3 Å². The molecule has 5 rings (SSSR count). The maximum Gasteiger partial charge on any atom is 0.409 e. The number of likely N-dealkylation sites (tertiary alicyclic amines) is 3. The maximum absolute atomic E-state index is 13.7. The molecule has 3 aliphatic heterocycles. The highest BCUT2D eigenvalue weighted by atomic mass is 35.5. The number of hydrogen-bond acceptors (Lipinski definition) is 5. The van der Waals surface area contributed by atoms with Gasteiger partial charge < -0.3 is 19.3 Å². The van der Waals surface area contributed by atoms with Gasteiger partial charge in [0.15, 0.2) is 0 Å². The lowest BCUT2D eigenvalue weighted by molar-refractivity contribution is -0.137. The van der Waals surface area contributed by atoms with Crippen LogP contribution in [0.1, 0.15) is 36.3 Å². The fourth-order valence-electron chi connectivity index (χ4n) is 6.37. The Morgan fingerprint density at radius 2 is 1.57 bits per heavy atom. The summed E-state index contributed by atoms with van der Waals surface area (Å²) in [5, 5.41) is 0. The van der Waals surface area contributed by atoms with Crippen LogP contribution in [0, 0.1) is 11.3 Å². The summed E-state index contributed by atoms with van der Waals surface area (Å²) in [7, 11) is 3.10. The molecule has 7 nitrogen and oxygen atoms in total. The van der Waals surface area contributed by atoms with Crippen molar-refractivity contribution in [3.05, 3.63) is 65.7 Å². The second-order valence-corrected chi connectivity index (χ2v) is 10.6. The Labute approximate surface area is 226 Å². The monoisotopic (exact) mass is 527 g/mol. The van der Waals surface area contributed by atoms with E-state index in [4.69, 9.17) is 9.47 Å². The molecular formula is C29H38ClN3O4. The van der Waals surface area contributed by atoms with Crippen molar-refractivity contribution in [1.29, 1.82) is 0 Å².